The fourth-order valence-electron chi connectivity index (χ4n) is 2.47. The summed E-state index contributed by atoms with van der Waals surface area (Å²) in [5, 5.41) is 4.41. The maximum Gasteiger partial charge on any atom is 0.157 e. The van der Waals surface area contributed by atoms with E-state index in [0.717, 1.165) is 37.5 Å². The summed E-state index contributed by atoms with van der Waals surface area (Å²) in [4.78, 5) is 9.44. The zero-order chi connectivity index (χ0) is 13.4. The van der Waals surface area contributed by atoms with Crippen molar-refractivity contribution in [1.29, 1.82) is 0 Å². The molecule has 0 spiro atoms. The highest BCUT2D eigenvalue weighted by Gasteiger charge is 2.18. The molecule has 19 heavy (non-hydrogen) atoms. The Morgan fingerprint density at radius 3 is 2.58 bits per heavy atom. The second-order valence-corrected chi connectivity index (χ2v) is 5.59. The maximum absolute atomic E-state index is 4.67. The molecule has 0 atom stereocenters. The van der Waals surface area contributed by atoms with Crippen molar-refractivity contribution in [3.8, 4) is 0 Å². The Balaban J connectivity index is 2.03. The second kappa shape index (κ2) is 4.81. The van der Waals surface area contributed by atoms with Gasteiger partial charge in [-0.2, -0.15) is 9.61 Å². The molecule has 0 unspecified atom stereocenters. The third kappa shape index (κ3) is 2.30. The van der Waals surface area contributed by atoms with Crippen LogP contribution in [0.25, 0.3) is 5.65 Å². The summed E-state index contributed by atoms with van der Waals surface area (Å²) in [6.07, 6.45) is 1.83. The normalized spacial score (nSPS) is 17.6. The molecule has 0 amide bonds. The quantitative estimate of drug-likeness (QED) is 0.821. The van der Waals surface area contributed by atoms with Crippen molar-refractivity contribution in [3.05, 3.63) is 24.0 Å². The number of hydrogen-bond donors (Lipinski definition) is 0. The van der Waals surface area contributed by atoms with E-state index in [4.69, 9.17) is 0 Å². The molecular weight excluding hydrogens is 238 g/mol. The van der Waals surface area contributed by atoms with Gasteiger partial charge in [-0.3, -0.25) is 0 Å². The van der Waals surface area contributed by atoms with E-state index in [1.54, 1.807) is 0 Å². The van der Waals surface area contributed by atoms with Gasteiger partial charge in [0.15, 0.2) is 5.65 Å². The smallest absolute Gasteiger partial charge is 0.157 e. The first kappa shape index (κ1) is 12.4. The Bertz CT molecular complexity index is 566. The van der Waals surface area contributed by atoms with E-state index in [2.05, 4.69) is 46.8 Å². The lowest BCUT2D eigenvalue weighted by atomic mass is 10.1. The molecule has 3 rings (SSSR count). The van der Waals surface area contributed by atoms with Crippen LogP contribution in [0.15, 0.2) is 18.3 Å². The zero-order valence-corrected chi connectivity index (χ0v) is 11.9. The fourth-order valence-corrected chi connectivity index (χ4v) is 2.47. The molecule has 1 fully saturated rings. The predicted octanol–water partition coefficient (Wildman–Crippen LogP) is 1.60. The Hall–Kier alpha value is -1.62. The van der Waals surface area contributed by atoms with Crippen LogP contribution in [0.1, 0.15) is 25.5 Å². The Labute approximate surface area is 113 Å². The molecule has 0 bridgehead atoms. The highest BCUT2D eigenvalue weighted by Crippen LogP contribution is 2.22. The first-order chi connectivity index (χ1) is 9.15. The van der Waals surface area contributed by atoms with Crippen LogP contribution < -0.4 is 4.90 Å². The van der Waals surface area contributed by atoms with Gasteiger partial charge < -0.3 is 9.80 Å². The summed E-state index contributed by atoms with van der Waals surface area (Å²) in [5.74, 6) is 1.61. The molecule has 0 radical (unpaired) electrons. The minimum Gasteiger partial charge on any atom is -0.354 e. The van der Waals surface area contributed by atoms with Crippen LogP contribution >= 0.6 is 0 Å². The van der Waals surface area contributed by atoms with Crippen molar-refractivity contribution < 1.29 is 0 Å². The molecular formula is C14H21N5. The van der Waals surface area contributed by atoms with Gasteiger partial charge in [-0.15, -0.1) is 0 Å². The number of fused-ring (bicyclic) bond motifs is 1. The highest BCUT2D eigenvalue weighted by molar-refractivity contribution is 5.51. The van der Waals surface area contributed by atoms with Crippen LogP contribution in [0.5, 0.6) is 0 Å². The lowest BCUT2D eigenvalue weighted by Crippen LogP contribution is -2.45. The molecule has 0 saturated carbocycles. The maximum atomic E-state index is 4.67. The van der Waals surface area contributed by atoms with E-state index in [1.165, 1.54) is 5.82 Å². The average Bonchev–Trinajstić information content (AvgIpc) is 2.86. The Morgan fingerprint density at radius 2 is 1.89 bits per heavy atom. The predicted molar refractivity (Wildman–Crippen MR) is 76.8 cm³/mol. The number of anilines is 1. The molecule has 5 heteroatoms. The van der Waals surface area contributed by atoms with Crippen LogP contribution in [0.2, 0.25) is 0 Å². The van der Waals surface area contributed by atoms with Crippen LogP contribution in [-0.4, -0.2) is 52.7 Å². The number of aromatic nitrogens is 3. The highest BCUT2D eigenvalue weighted by atomic mass is 15.4. The molecule has 0 N–H and O–H groups in total. The van der Waals surface area contributed by atoms with E-state index < -0.39 is 0 Å². The van der Waals surface area contributed by atoms with E-state index in [1.807, 2.05) is 16.8 Å². The number of piperazine rings is 1. The van der Waals surface area contributed by atoms with E-state index >= 15 is 0 Å². The lowest BCUT2D eigenvalue weighted by Gasteiger charge is -2.34. The first-order valence-electron chi connectivity index (χ1n) is 6.93. The van der Waals surface area contributed by atoms with Crippen LogP contribution in [0.4, 0.5) is 5.82 Å². The van der Waals surface area contributed by atoms with Gasteiger partial charge in [-0.1, -0.05) is 13.8 Å². The van der Waals surface area contributed by atoms with Gasteiger partial charge in [-0.05, 0) is 13.0 Å². The largest absolute Gasteiger partial charge is 0.354 e. The van der Waals surface area contributed by atoms with Crippen molar-refractivity contribution in [2.45, 2.75) is 19.8 Å². The van der Waals surface area contributed by atoms with Gasteiger partial charge in [0, 0.05) is 44.0 Å². The second-order valence-electron chi connectivity index (χ2n) is 5.59. The van der Waals surface area contributed by atoms with Crippen molar-refractivity contribution in [3.63, 3.8) is 0 Å². The van der Waals surface area contributed by atoms with Crippen molar-refractivity contribution in [2.24, 2.45) is 0 Å². The summed E-state index contributed by atoms with van der Waals surface area (Å²) >= 11 is 0. The Morgan fingerprint density at radius 1 is 1.16 bits per heavy atom. The molecule has 0 aliphatic carbocycles. The van der Waals surface area contributed by atoms with Gasteiger partial charge in [0.05, 0.1) is 6.20 Å². The van der Waals surface area contributed by atoms with Crippen LogP contribution in [0, 0.1) is 0 Å². The fraction of sp³-hybridized carbons (Fsp3) is 0.571. The van der Waals surface area contributed by atoms with Gasteiger partial charge in [0.25, 0.3) is 0 Å². The van der Waals surface area contributed by atoms with Crippen molar-refractivity contribution >= 4 is 11.5 Å². The summed E-state index contributed by atoms with van der Waals surface area (Å²) < 4.78 is 1.96. The standard InChI is InChI=1S/C14H21N5/c1-11(2)12-10-14(18-8-6-17(3)7-9-18)19-13(16-12)4-5-15-19/h4-5,10-11H,6-9H2,1-3H3. The Kier molecular flexibility index (Phi) is 3.14. The SMILES string of the molecule is CC(C)c1cc(N2CCN(C)CC2)n2nccc2n1. The lowest BCUT2D eigenvalue weighted by molar-refractivity contribution is 0.311. The number of hydrogen-bond acceptors (Lipinski definition) is 4. The summed E-state index contributed by atoms with van der Waals surface area (Å²) in [6.45, 7) is 8.66. The zero-order valence-electron chi connectivity index (χ0n) is 11.9. The monoisotopic (exact) mass is 259 g/mol. The number of nitrogens with zero attached hydrogens (tertiary/aromatic N) is 5. The molecule has 1 saturated heterocycles. The van der Waals surface area contributed by atoms with Crippen molar-refractivity contribution in [2.75, 3.05) is 38.1 Å². The molecule has 3 heterocycles. The third-order valence-corrected chi connectivity index (χ3v) is 3.78. The van der Waals surface area contributed by atoms with E-state index in [-0.39, 0.29) is 0 Å². The summed E-state index contributed by atoms with van der Waals surface area (Å²) in [6, 6.07) is 4.17. The minimum absolute atomic E-state index is 0.436. The van der Waals surface area contributed by atoms with Gasteiger partial charge >= 0.3 is 0 Å². The molecule has 1 aliphatic heterocycles. The van der Waals surface area contributed by atoms with Crippen LogP contribution in [0.3, 0.4) is 0 Å². The molecule has 0 aromatic carbocycles. The third-order valence-electron chi connectivity index (χ3n) is 3.78. The molecule has 5 nitrogen and oxygen atoms in total. The average molecular weight is 259 g/mol. The molecule has 1 aliphatic rings. The first-order valence-corrected chi connectivity index (χ1v) is 6.93. The molecule has 2 aromatic rings. The van der Waals surface area contributed by atoms with Gasteiger partial charge in [-0.25, -0.2) is 4.98 Å². The number of likely N-dealkylation sites (N-methyl/N-ethyl adjacent to an activating group) is 1. The topological polar surface area (TPSA) is 36.7 Å². The van der Waals surface area contributed by atoms with E-state index in [9.17, 15) is 0 Å². The summed E-state index contributed by atoms with van der Waals surface area (Å²) in [7, 11) is 2.17. The van der Waals surface area contributed by atoms with Crippen LogP contribution in [-0.2, 0) is 0 Å². The van der Waals surface area contributed by atoms with Crippen molar-refractivity contribution in [1.82, 2.24) is 19.5 Å². The molecule has 2 aromatic heterocycles. The summed E-state index contributed by atoms with van der Waals surface area (Å²) in [5.41, 5.74) is 2.09. The van der Waals surface area contributed by atoms with Gasteiger partial charge in [0.1, 0.15) is 5.82 Å². The number of rotatable bonds is 2. The van der Waals surface area contributed by atoms with E-state index in [0.29, 0.717) is 5.92 Å². The minimum atomic E-state index is 0.436. The van der Waals surface area contributed by atoms with Gasteiger partial charge in [0.2, 0.25) is 0 Å². The molecule has 102 valence electrons.